The van der Waals surface area contributed by atoms with E-state index >= 15 is 0 Å². The van der Waals surface area contributed by atoms with Gasteiger partial charge in [-0.2, -0.15) is 13.2 Å². The van der Waals surface area contributed by atoms with Crippen LogP contribution in [-0.2, 0) is 17.5 Å². The minimum Gasteiger partial charge on any atom is -0.379 e. The number of ether oxygens (including phenoxy) is 1. The van der Waals surface area contributed by atoms with E-state index in [2.05, 4.69) is 0 Å². The molecule has 1 amide bonds. The topological polar surface area (TPSA) is 55.6 Å². The van der Waals surface area contributed by atoms with E-state index in [1.165, 1.54) is 18.2 Å². The first kappa shape index (κ1) is 18.4. The highest BCUT2D eigenvalue weighted by molar-refractivity contribution is 5.94. The number of nitrogens with two attached hydrogens (primary N) is 1. The fourth-order valence-electron chi connectivity index (χ4n) is 3.01. The van der Waals surface area contributed by atoms with Crippen LogP contribution in [0.25, 0.3) is 11.1 Å². The molecule has 0 aromatic heterocycles. The molecule has 0 spiro atoms. The molecule has 138 valence electrons. The van der Waals surface area contributed by atoms with Gasteiger partial charge in [0.25, 0.3) is 0 Å². The predicted octanol–water partition coefficient (Wildman–Crippen LogP) is 3.30. The van der Waals surface area contributed by atoms with Crippen molar-refractivity contribution in [1.82, 2.24) is 4.90 Å². The molecule has 26 heavy (non-hydrogen) atoms. The molecule has 0 unspecified atom stereocenters. The van der Waals surface area contributed by atoms with E-state index in [4.69, 9.17) is 10.5 Å². The van der Waals surface area contributed by atoms with Crippen molar-refractivity contribution in [2.24, 2.45) is 5.73 Å². The zero-order chi connectivity index (χ0) is 18.7. The lowest BCUT2D eigenvalue weighted by Gasteiger charge is -2.28. The van der Waals surface area contributed by atoms with E-state index in [9.17, 15) is 18.0 Å². The van der Waals surface area contributed by atoms with Crippen molar-refractivity contribution >= 4 is 5.91 Å². The molecule has 2 aromatic carbocycles. The summed E-state index contributed by atoms with van der Waals surface area (Å²) < 4.78 is 46.0. The second-order valence-electron chi connectivity index (χ2n) is 6.20. The summed E-state index contributed by atoms with van der Waals surface area (Å²) >= 11 is 0. The second kappa shape index (κ2) is 7.47. The zero-order valence-electron chi connectivity index (χ0n) is 14.1. The van der Waals surface area contributed by atoms with Crippen molar-refractivity contribution < 1.29 is 22.7 Å². The van der Waals surface area contributed by atoms with Crippen LogP contribution in [0.15, 0.2) is 42.5 Å². The Morgan fingerprint density at radius 2 is 1.77 bits per heavy atom. The summed E-state index contributed by atoms with van der Waals surface area (Å²) in [7, 11) is 0. The number of hydrogen-bond donors (Lipinski definition) is 1. The molecule has 2 N–H and O–H groups in total. The molecule has 4 nitrogen and oxygen atoms in total. The van der Waals surface area contributed by atoms with Crippen LogP contribution >= 0.6 is 0 Å². The Morgan fingerprint density at radius 3 is 2.42 bits per heavy atom. The molecule has 0 radical (unpaired) electrons. The maximum atomic E-state index is 13.6. The van der Waals surface area contributed by atoms with Crippen LogP contribution in [0.4, 0.5) is 13.2 Å². The number of nitrogens with zero attached hydrogens (tertiary/aromatic N) is 1. The predicted molar refractivity (Wildman–Crippen MR) is 91.5 cm³/mol. The molecule has 1 aliphatic rings. The minimum atomic E-state index is -4.46. The number of alkyl halides is 3. The number of hydrogen-bond acceptors (Lipinski definition) is 3. The SMILES string of the molecule is NC(=O)c1cccc(-c2ccc(CN3CCOCC3)c(C(F)(F)F)c2)c1. The van der Waals surface area contributed by atoms with Crippen molar-refractivity contribution in [3.8, 4) is 11.1 Å². The number of benzene rings is 2. The highest BCUT2D eigenvalue weighted by atomic mass is 19.4. The molecule has 0 saturated carbocycles. The number of primary amides is 1. The minimum absolute atomic E-state index is 0.222. The smallest absolute Gasteiger partial charge is 0.379 e. The molecule has 1 fully saturated rings. The van der Waals surface area contributed by atoms with E-state index in [0.717, 1.165) is 6.07 Å². The average molecular weight is 364 g/mol. The normalized spacial score (nSPS) is 15.8. The van der Waals surface area contributed by atoms with E-state index < -0.39 is 17.6 Å². The van der Waals surface area contributed by atoms with E-state index in [-0.39, 0.29) is 17.7 Å². The molecule has 3 rings (SSSR count). The summed E-state index contributed by atoms with van der Waals surface area (Å²) in [5, 5.41) is 0. The van der Waals surface area contributed by atoms with Gasteiger partial charge in [-0.1, -0.05) is 24.3 Å². The fourth-order valence-corrected chi connectivity index (χ4v) is 3.01. The molecule has 1 heterocycles. The van der Waals surface area contributed by atoms with Crippen molar-refractivity contribution in [2.45, 2.75) is 12.7 Å². The van der Waals surface area contributed by atoms with Gasteiger partial charge < -0.3 is 10.5 Å². The van der Waals surface area contributed by atoms with E-state index in [1.807, 2.05) is 4.90 Å². The first-order valence-electron chi connectivity index (χ1n) is 8.25. The summed E-state index contributed by atoms with van der Waals surface area (Å²) in [5.41, 5.74) is 5.99. The van der Waals surface area contributed by atoms with Crippen LogP contribution in [0.5, 0.6) is 0 Å². The molecule has 0 atom stereocenters. The first-order chi connectivity index (χ1) is 12.3. The molecule has 1 aliphatic heterocycles. The molecule has 7 heteroatoms. The van der Waals surface area contributed by atoms with E-state index in [1.54, 1.807) is 18.2 Å². The van der Waals surface area contributed by atoms with Gasteiger partial charge in [-0.25, -0.2) is 0 Å². The van der Waals surface area contributed by atoms with Crippen LogP contribution in [0.1, 0.15) is 21.5 Å². The fraction of sp³-hybridized carbons (Fsp3) is 0.316. The molecule has 0 bridgehead atoms. The van der Waals surface area contributed by atoms with E-state index in [0.29, 0.717) is 37.4 Å². The van der Waals surface area contributed by atoms with Gasteiger partial charge in [0.05, 0.1) is 18.8 Å². The molecule has 2 aromatic rings. The van der Waals surface area contributed by atoms with Crippen LogP contribution in [0.3, 0.4) is 0 Å². The standard InChI is InChI=1S/C19H19F3N2O2/c20-19(21,22)17-11-14(13-2-1-3-15(10-13)18(23)25)4-5-16(17)12-24-6-8-26-9-7-24/h1-5,10-11H,6-9,12H2,(H2,23,25). The highest BCUT2D eigenvalue weighted by Crippen LogP contribution is 2.35. The lowest BCUT2D eigenvalue weighted by molar-refractivity contribution is -0.138. The Morgan fingerprint density at radius 1 is 1.08 bits per heavy atom. The number of rotatable bonds is 4. The van der Waals surface area contributed by atoms with Gasteiger partial charge in [-0.05, 0) is 34.9 Å². The first-order valence-corrected chi connectivity index (χ1v) is 8.25. The largest absolute Gasteiger partial charge is 0.416 e. The summed E-state index contributed by atoms with van der Waals surface area (Å²) in [6.45, 7) is 2.50. The summed E-state index contributed by atoms with van der Waals surface area (Å²) in [6.07, 6.45) is -4.46. The summed E-state index contributed by atoms with van der Waals surface area (Å²) in [4.78, 5) is 13.3. The van der Waals surface area contributed by atoms with Crippen molar-refractivity contribution in [3.05, 3.63) is 59.2 Å². The van der Waals surface area contributed by atoms with Crippen molar-refractivity contribution in [2.75, 3.05) is 26.3 Å². The summed E-state index contributed by atoms with van der Waals surface area (Å²) in [6, 6.07) is 10.6. The summed E-state index contributed by atoms with van der Waals surface area (Å²) in [5.74, 6) is -0.619. The van der Waals surface area contributed by atoms with Gasteiger partial charge in [0.1, 0.15) is 0 Å². The number of carbonyl (C=O) groups excluding carboxylic acids is 1. The molecular formula is C19H19F3N2O2. The highest BCUT2D eigenvalue weighted by Gasteiger charge is 2.34. The monoisotopic (exact) mass is 364 g/mol. The number of carbonyl (C=O) groups is 1. The number of morpholine rings is 1. The van der Waals surface area contributed by atoms with Gasteiger partial charge in [0, 0.05) is 25.2 Å². The third kappa shape index (κ3) is 4.23. The zero-order valence-corrected chi connectivity index (χ0v) is 14.1. The van der Waals surface area contributed by atoms with Crippen LogP contribution in [-0.4, -0.2) is 37.1 Å². The van der Waals surface area contributed by atoms with Crippen LogP contribution in [0.2, 0.25) is 0 Å². The Hall–Kier alpha value is -2.38. The maximum Gasteiger partial charge on any atom is 0.416 e. The lowest BCUT2D eigenvalue weighted by atomic mass is 9.97. The van der Waals surface area contributed by atoms with Gasteiger partial charge in [0.15, 0.2) is 0 Å². The molecule has 0 aliphatic carbocycles. The maximum absolute atomic E-state index is 13.6. The molecule has 1 saturated heterocycles. The van der Waals surface area contributed by atoms with Gasteiger partial charge >= 0.3 is 6.18 Å². The van der Waals surface area contributed by atoms with Crippen LogP contribution < -0.4 is 5.73 Å². The van der Waals surface area contributed by atoms with Crippen LogP contribution in [0, 0.1) is 0 Å². The Labute approximate surface area is 149 Å². The third-order valence-corrected chi connectivity index (χ3v) is 4.39. The quantitative estimate of drug-likeness (QED) is 0.906. The van der Waals surface area contributed by atoms with Crippen molar-refractivity contribution in [1.29, 1.82) is 0 Å². The molecular weight excluding hydrogens is 345 g/mol. The second-order valence-corrected chi connectivity index (χ2v) is 6.20. The average Bonchev–Trinajstić information content (AvgIpc) is 2.62. The lowest BCUT2D eigenvalue weighted by Crippen LogP contribution is -2.36. The third-order valence-electron chi connectivity index (χ3n) is 4.39. The number of amides is 1. The van der Waals surface area contributed by atoms with Crippen molar-refractivity contribution in [3.63, 3.8) is 0 Å². The Bertz CT molecular complexity index is 800. The number of halogens is 3. The Kier molecular flexibility index (Phi) is 5.29. The van der Waals surface area contributed by atoms with Gasteiger partial charge in [0.2, 0.25) is 5.91 Å². The van der Waals surface area contributed by atoms with Gasteiger partial charge in [-0.3, -0.25) is 9.69 Å². The Balaban J connectivity index is 1.96. The van der Waals surface area contributed by atoms with Gasteiger partial charge in [-0.15, -0.1) is 0 Å².